The summed E-state index contributed by atoms with van der Waals surface area (Å²) in [5.41, 5.74) is 0. The van der Waals surface area contributed by atoms with Crippen LogP contribution in [-0.4, -0.2) is 36.5 Å². The van der Waals surface area contributed by atoms with Crippen LogP contribution in [0.5, 0.6) is 0 Å². The number of hydrogen-bond acceptors (Lipinski definition) is 2. The third-order valence-corrected chi connectivity index (χ3v) is 4.14. The molecule has 106 valence electrons. The van der Waals surface area contributed by atoms with E-state index in [-0.39, 0.29) is 0 Å². The van der Waals surface area contributed by atoms with E-state index in [0.717, 1.165) is 32.5 Å². The monoisotopic (exact) mass is 254 g/mol. The zero-order chi connectivity index (χ0) is 13.4. The van der Waals surface area contributed by atoms with Crippen LogP contribution in [0.1, 0.15) is 59.3 Å². The molecule has 0 aromatic rings. The van der Waals surface area contributed by atoms with Gasteiger partial charge < -0.3 is 10.2 Å². The quantitative estimate of drug-likeness (QED) is 0.790. The van der Waals surface area contributed by atoms with Gasteiger partial charge in [0.1, 0.15) is 0 Å². The Labute approximate surface area is 112 Å². The van der Waals surface area contributed by atoms with Crippen LogP contribution in [0, 0.1) is 5.92 Å². The number of carbonyl (C=O) groups is 1. The summed E-state index contributed by atoms with van der Waals surface area (Å²) in [7, 11) is 0. The van der Waals surface area contributed by atoms with E-state index in [0.29, 0.717) is 17.9 Å². The van der Waals surface area contributed by atoms with Gasteiger partial charge >= 0.3 is 0 Å². The van der Waals surface area contributed by atoms with Crippen LogP contribution in [0.2, 0.25) is 0 Å². The van der Waals surface area contributed by atoms with E-state index >= 15 is 0 Å². The number of hydrogen-bond donors (Lipinski definition) is 1. The number of amides is 1. The molecule has 0 aliphatic carbocycles. The molecule has 1 fully saturated rings. The van der Waals surface area contributed by atoms with Gasteiger partial charge in [0.2, 0.25) is 5.91 Å². The molecule has 0 bridgehead atoms. The number of likely N-dealkylation sites (tertiary alicyclic amines) is 1. The van der Waals surface area contributed by atoms with Gasteiger partial charge in [-0.3, -0.25) is 4.79 Å². The number of nitrogens with one attached hydrogen (secondary N) is 1. The minimum absolute atomic E-state index is 0.362. The van der Waals surface area contributed by atoms with E-state index in [2.05, 4.69) is 31.0 Å². The molecule has 3 heteroatoms. The van der Waals surface area contributed by atoms with Crippen molar-refractivity contribution in [2.45, 2.75) is 65.3 Å². The lowest BCUT2D eigenvalue weighted by Crippen LogP contribution is -2.47. The lowest BCUT2D eigenvalue weighted by molar-refractivity contribution is -0.132. The number of carbonyl (C=O) groups excluding carboxylic acids is 1. The van der Waals surface area contributed by atoms with Gasteiger partial charge in [-0.1, -0.05) is 40.0 Å². The van der Waals surface area contributed by atoms with Crippen molar-refractivity contribution in [1.29, 1.82) is 0 Å². The maximum Gasteiger partial charge on any atom is 0.222 e. The molecule has 18 heavy (non-hydrogen) atoms. The molecule has 0 spiro atoms. The Bertz CT molecular complexity index is 243. The van der Waals surface area contributed by atoms with Gasteiger partial charge in [0.05, 0.1) is 0 Å². The normalized spacial score (nSPS) is 21.3. The van der Waals surface area contributed by atoms with E-state index in [1.165, 1.54) is 25.7 Å². The predicted octanol–water partition coefficient (Wildman–Crippen LogP) is 2.80. The molecule has 0 aromatic heterocycles. The largest absolute Gasteiger partial charge is 0.341 e. The third-order valence-electron chi connectivity index (χ3n) is 4.14. The molecule has 1 aliphatic heterocycles. The lowest BCUT2D eigenvalue weighted by atomic mass is 9.97. The summed E-state index contributed by atoms with van der Waals surface area (Å²) in [5.74, 6) is 0.990. The lowest BCUT2D eigenvalue weighted by Gasteiger charge is -2.32. The van der Waals surface area contributed by atoms with Crippen LogP contribution in [0.25, 0.3) is 0 Å². The highest BCUT2D eigenvalue weighted by atomic mass is 16.2. The van der Waals surface area contributed by atoms with Gasteiger partial charge in [0.15, 0.2) is 0 Å². The van der Waals surface area contributed by atoms with Crippen LogP contribution in [-0.2, 0) is 4.79 Å². The molecule has 0 saturated carbocycles. The molecule has 1 rings (SSSR count). The van der Waals surface area contributed by atoms with Gasteiger partial charge in [0, 0.05) is 25.6 Å². The Kier molecular flexibility index (Phi) is 7.33. The van der Waals surface area contributed by atoms with Crippen molar-refractivity contribution >= 4 is 5.91 Å². The molecule has 0 aromatic carbocycles. The van der Waals surface area contributed by atoms with Crippen molar-refractivity contribution in [2.75, 3.05) is 19.6 Å². The van der Waals surface area contributed by atoms with Crippen molar-refractivity contribution < 1.29 is 4.79 Å². The second-order valence-electron chi connectivity index (χ2n) is 5.55. The molecular formula is C15H30N2O. The molecule has 1 saturated heterocycles. The zero-order valence-corrected chi connectivity index (χ0v) is 12.4. The maximum atomic E-state index is 12.1. The molecule has 1 amide bonds. The Hall–Kier alpha value is -0.570. The Balaban J connectivity index is 2.55. The van der Waals surface area contributed by atoms with Gasteiger partial charge in [-0.15, -0.1) is 0 Å². The summed E-state index contributed by atoms with van der Waals surface area (Å²) < 4.78 is 0. The standard InChI is InChI=1S/C15H30N2O/c1-4-13(3)14(16-5-2)12-17-11-9-7-6-8-10-15(17)18/h13-14,16H,4-12H2,1-3H3. The van der Waals surface area contributed by atoms with Gasteiger partial charge in [-0.05, 0) is 25.3 Å². The summed E-state index contributed by atoms with van der Waals surface area (Å²) in [4.78, 5) is 14.2. The smallest absolute Gasteiger partial charge is 0.222 e. The molecule has 1 aliphatic rings. The van der Waals surface area contributed by atoms with Crippen molar-refractivity contribution in [3.8, 4) is 0 Å². The first kappa shape index (κ1) is 15.5. The molecule has 0 radical (unpaired) electrons. The average Bonchev–Trinajstić information content (AvgIpc) is 2.36. The Morgan fingerprint density at radius 3 is 2.61 bits per heavy atom. The summed E-state index contributed by atoms with van der Waals surface area (Å²) in [6.07, 6.45) is 6.66. The molecule has 3 nitrogen and oxygen atoms in total. The summed E-state index contributed by atoms with van der Waals surface area (Å²) >= 11 is 0. The van der Waals surface area contributed by atoms with Crippen molar-refractivity contribution in [2.24, 2.45) is 5.92 Å². The van der Waals surface area contributed by atoms with Crippen LogP contribution < -0.4 is 5.32 Å². The summed E-state index contributed by atoms with van der Waals surface area (Å²) in [6, 6.07) is 0.448. The van der Waals surface area contributed by atoms with Crippen LogP contribution >= 0.6 is 0 Å². The van der Waals surface area contributed by atoms with Crippen molar-refractivity contribution in [1.82, 2.24) is 10.2 Å². The van der Waals surface area contributed by atoms with Crippen molar-refractivity contribution in [3.05, 3.63) is 0 Å². The number of nitrogens with zero attached hydrogens (tertiary/aromatic N) is 1. The highest BCUT2D eigenvalue weighted by Crippen LogP contribution is 2.15. The summed E-state index contributed by atoms with van der Waals surface area (Å²) in [6.45, 7) is 9.48. The average molecular weight is 254 g/mol. The minimum atomic E-state index is 0.362. The molecule has 1 heterocycles. The number of likely N-dealkylation sites (N-methyl/N-ethyl adjacent to an activating group) is 1. The molecule has 2 unspecified atom stereocenters. The topological polar surface area (TPSA) is 32.3 Å². The van der Waals surface area contributed by atoms with Crippen LogP contribution in [0.15, 0.2) is 0 Å². The van der Waals surface area contributed by atoms with Crippen molar-refractivity contribution in [3.63, 3.8) is 0 Å². The maximum absolute atomic E-state index is 12.1. The Morgan fingerprint density at radius 2 is 1.94 bits per heavy atom. The highest BCUT2D eigenvalue weighted by Gasteiger charge is 2.22. The second kappa shape index (κ2) is 8.52. The molecule has 2 atom stereocenters. The first-order valence-electron chi connectivity index (χ1n) is 7.70. The number of rotatable bonds is 6. The van der Waals surface area contributed by atoms with Gasteiger partial charge in [-0.2, -0.15) is 0 Å². The third kappa shape index (κ3) is 4.97. The minimum Gasteiger partial charge on any atom is -0.341 e. The first-order valence-corrected chi connectivity index (χ1v) is 7.70. The fourth-order valence-electron chi connectivity index (χ4n) is 2.64. The highest BCUT2D eigenvalue weighted by molar-refractivity contribution is 5.76. The van der Waals surface area contributed by atoms with E-state index in [1.54, 1.807) is 0 Å². The molecule has 1 N–H and O–H groups in total. The zero-order valence-electron chi connectivity index (χ0n) is 12.4. The first-order chi connectivity index (χ1) is 8.69. The van der Waals surface area contributed by atoms with Crippen LogP contribution in [0.4, 0.5) is 0 Å². The van der Waals surface area contributed by atoms with E-state index in [1.807, 2.05) is 0 Å². The SMILES string of the molecule is CCNC(CN1CCCCCCC1=O)C(C)CC. The summed E-state index contributed by atoms with van der Waals surface area (Å²) in [5, 5.41) is 3.54. The fraction of sp³-hybridized carbons (Fsp3) is 0.933. The Morgan fingerprint density at radius 1 is 1.22 bits per heavy atom. The van der Waals surface area contributed by atoms with Crippen LogP contribution in [0.3, 0.4) is 0 Å². The van der Waals surface area contributed by atoms with Gasteiger partial charge in [0.25, 0.3) is 0 Å². The molecular weight excluding hydrogens is 224 g/mol. The van der Waals surface area contributed by atoms with E-state index < -0.39 is 0 Å². The predicted molar refractivity (Wildman–Crippen MR) is 76.6 cm³/mol. The second-order valence-corrected chi connectivity index (χ2v) is 5.55. The van der Waals surface area contributed by atoms with E-state index in [4.69, 9.17) is 0 Å². The fourth-order valence-corrected chi connectivity index (χ4v) is 2.64. The van der Waals surface area contributed by atoms with Gasteiger partial charge in [-0.25, -0.2) is 0 Å². The van der Waals surface area contributed by atoms with E-state index in [9.17, 15) is 4.79 Å².